The largest absolute Gasteiger partial charge is 0.346 e. The van der Waals surface area contributed by atoms with Crippen molar-refractivity contribution in [2.45, 2.75) is 13.3 Å². The monoisotopic (exact) mass is 205 g/mol. The van der Waals surface area contributed by atoms with Gasteiger partial charge in [-0.2, -0.15) is 0 Å². The molecule has 1 aromatic rings. The zero-order chi connectivity index (χ0) is 6.69. The Balaban J connectivity index is 0.000000810. The van der Waals surface area contributed by atoms with Crippen molar-refractivity contribution in [1.82, 2.24) is 9.97 Å². The predicted molar refractivity (Wildman–Crippen MR) is 46.4 cm³/mol. The number of rotatable bonds is 2. The van der Waals surface area contributed by atoms with Crippen molar-refractivity contribution in [2.75, 3.05) is 6.54 Å². The number of imidazole rings is 1. The van der Waals surface area contributed by atoms with Crippen LogP contribution in [0.3, 0.4) is 0 Å². The zero-order valence-electron chi connectivity index (χ0n) is 5.92. The maximum absolute atomic E-state index is 5.32. The Kier molecular flexibility index (Phi) is 4.31. The molecule has 1 aromatic heterocycles. The van der Waals surface area contributed by atoms with E-state index in [-0.39, 0.29) is 17.0 Å². The van der Waals surface area contributed by atoms with E-state index in [1.54, 1.807) is 0 Å². The molecule has 0 aliphatic carbocycles. The number of aromatic amines is 1. The fourth-order valence-electron chi connectivity index (χ4n) is 0.754. The molecule has 4 heteroatoms. The van der Waals surface area contributed by atoms with Gasteiger partial charge in [0.15, 0.2) is 0 Å². The normalized spacial score (nSPS) is 9.00. The highest BCUT2D eigenvalue weighted by molar-refractivity contribution is 8.93. The van der Waals surface area contributed by atoms with E-state index in [4.69, 9.17) is 5.73 Å². The van der Waals surface area contributed by atoms with E-state index in [1.165, 1.54) is 0 Å². The minimum absolute atomic E-state index is 0. The molecule has 3 N–H and O–H groups in total. The Morgan fingerprint density at radius 2 is 2.40 bits per heavy atom. The van der Waals surface area contributed by atoms with Crippen molar-refractivity contribution in [3.8, 4) is 0 Å². The quantitative estimate of drug-likeness (QED) is 0.751. The summed E-state index contributed by atoms with van der Waals surface area (Å²) in [6.45, 7) is 2.61. The first-order valence-corrected chi connectivity index (χ1v) is 3.03. The molecule has 1 heterocycles. The van der Waals surface area contributed by atoms with Crippen molar-refractivity contribution in [3.05, 3.63) is 17.7 Å². The third-order valence-electron chi connectivity index (χ3n) is 1.17. The van der Waals surface area contributed by atoms with E-state index in [0.29, 0.717) is 6.54 Å². The summed E-state index contributed by atoms with van der Waals surface area (Å²) in [5.74, 6) is 0.957. The number of hydrogen-bond donors (Lipinski definition) is 2. The molecule has 0 aliphatic rings. The highest BCUT2D eigenvalue weighted by atomic mass is 79.9. The second-order valence-corrected chi connectivity index (χ2v) is 2.03. The first-order valence-electron chi connectivity index (χ1n) is 3.03. The van der Waals surface area contributed by atoms with Crippen molar-refractivity contribution >= 4 is 17.0 Å². The summed E-state index contributed by atoms with van der Waals surface area (Å²) in [7, 11) is 0. The lowest BCUT2D eigenvalue weighted by atomic mass is 10.3. The predicted octanol–water partition coefficient (Wildman–Crippen LogP) is 0.797. The number of nitrogens with zero attached hydrogens (tertiary/aromatic N) is 1. The van der Waals surface area contributed by atoms with Crippen molar-refractivity contribution in [3.63, 3.8) is 0 Å². The van der Waals surface area contributed by atoms with Gasteiger partial charge < -0.3 is 10.7 Å². The summed E-state index contributed by atoms with van der Waals surface area (Å²) in [6.07, 6.45) is 2.71. The maximum Gasteiger partial charge on any atom is 0.103 e. The van der Waals surface area contributed by atoms with Gasteiger partial charge in [0.25, 0.3) is 0 Å². The van der Waals surface area contributed by atoms with Crippen LogP contribution in [0.5, 0.6) is 0 Å². The fraction of sp³-hybridized carbons (Fsp3) is 0.500. The van der Waals surface area contributed by atoms with Gasteiger partial charge in [-0.15, -0.1) is 17.0 Å². The Morgan fingerprint density at radius 3 is 2.80 bits per heavy atom. The highest BCUT2D eigenvalue weighted by Gasteiger charge is 1.92. The summed E-state index contributed by atoms with van der Waals surface area (Å²) in [6, 6.07) is 0. The number of nitrogens with one attached hydrogen (secondary N) is 1. The van der Waals surface area contributed by atoms with Crippen molar-refractivity contribution in [1.29, 1.82) is 0 Å². The van der Waals surface area contributed by atoms with Gasteiger partial charge in [0.1, 0.15) is 5.82 Å². The molecule has 10 heavy (non-hydrogen) atoms. The van der Waals surface area contributed by atoms with Gasteiger partial charge in [0.2, 0.25) is 0 Å². The number of aromatic nitrogens is 2. The molecule has 0 spiro atoms. The molecule has 0 fully saturated rings. The molecule has 1 rings (SSSR count). The maximum atomic E-state index is 5.32. The van der Waals surface area contributed by atoms with Crippen LogP contribution in [-0.2, 0) is 6.42 Å². The summed E-state index contributed by atoms with van der Waals surface area (Å²) < 4.78 is 0. The Labute approximate surface area is 70.8 Å². The van der Waals surface area contributed by atoms with Crippen LogP contribution in [-0.4, -0.2) is 16.5 Å². The Morgan fingerprint density at radius 1 is 1.70 bits per heavy atom. The van der Waals surface area contributed by atoms with Crippen LogP contribution in [0.4, 0.5) is 0 Å². The lowest BCUT2D eigenvalue weighted by molar-refractivity contribution is 0.929. The van der Waals surface area contributed by atoms with Crippen LogP contribution in [0.1, 0.15) is 11.5 Å². The summed E-state index contributed by atoms with van der Waals surface area (Å²) >= 11 is 0. The van der Waals surface area contributed by atoms with E-state index in [2.05, 4.69) is 9.97 Å². The molecule has 58 valence electrons. The van der Waals surface area contributed by atoms with Crippen LogP contribution < -0.4 is 5.73 Å². The van der Waals surface area contributed by atoms with Crippen LogP contribution >= 0.6 is 17.0 Å². The van der Waals surface area contributed by atoms with Crippen molar-refractivity contribution < 1.29 is 0 Å². The fourth-order valence-corrected chi connectivity index (χ4v) is 0.754. The van der Waals surface area contributed by atoms with Crippen LogP contribution in [0.25, 0.3) is 0 Å². The molecule has 3 nitrogen and oxygen atoms in total. The van der Waals surface area contributed by atoms with E-state index < -0.39 is 0 Å². The Hall–Kier alpha value is -0.350. The van der Waals surface area contributed by atoms with Crippen LogP contribution in [0.15, 0.2) is 6.20 Å². The van der Waals surface area contributed by atoms with Gasteiger partial charge >= 0.3 is 0 Å². The Bertz CT molecular complexity index is 185. The first kappa shape index (κ1) is 9.65. The molecule has 0 atom stereocenters. The summed E-state index contributed by atoms with van der Waals surface area (Å²) in [5.41, 5.74) is 6.44. The number of H-pyrrole nitrogens is 1. The number of hydrogen-bond acceptors (Lipinski definition) is 2. The van der Waals surface area contributed by atoms with Gasteiger partial charge in [0, 0.05) is 18.3 Å². The van der Waals surface area contributed by atoms with Crippen LogP contribution in [0, 0.1) is 6.92 Å². The van der Waals surface area contributed by atoms with Gasteiger partial charge in [-0.25, -0.2) is 4.98 Å². The minimum atomic E-state index is 0. The van der Waals surface area contributed by atoms with Gasteiger partial charge in [-0.3, -0.25) is 0 Å². The molecular weight excluding hydrogens is 194 g/mol. The molecule has 0 unspecified atom stereocenters. The average Bonchev–Trinajstić information content (AvgIpc) is 2.17. The molecule has 0 saturated heterocycles. The molecule has 0 bridgehead atoms. The van der Waals surface area contributed by atoms with E-state index in [0.717, 1.165) is 17.9 Å². The minimum Gasteiger partial charge on any atom is -0.346 e. The summed E-state index contributed by atoms with van der Waals surface area (Å²) in [4.78, 5) is 7.11. The third kappa shape index (κ3) is 2.49. The molecule has 0 radical (unpaired) electrons. The topological polar surface area (TPSA) is 54.7 Å². The molecule has 0 saturated carbocycles. The molecule has 0 aromatic carbocycles. The highest BCUT2D eigenvalue weighted by Crippen LogP contribution is 1.94. The second-order valence-electron chi connectivity index (χ2n) is 2.03. The lowest BCUT2D eigenvalue weighted by Crippen LogP contribution is -2.02. The summed E-state index contributed by atoms with van der Waals surface area (Å²) in [5, 5.41) is 0. The smallest absolute Gasteiger partial charge is 0.103 e. The van der Waals surface area contributed by atoms with E-state index in [1.807, 2.05) is 13.1 Å². The third-order valence-corrected chi connectivity index (χ3v) is 1.17. The number of halogens is 1. The zero-order valence-corrected chi connectivity index (χ0v) is 7.64. The van der Waals surface area contributed by atoms with E-state index >= 15 is 0 Å². The van der Waals surface area contributed by atoms with Gasteiger partial charge in [0.05, 0.1) is 0 Å². The van der Waals surface area contributed by atoms with Gasteiger partial charge in [-0.1, -0.05) is 0 Å². The second kappa shape index (κ2) is 4.46. The van der Waals surface area contributed by atoms with Gasteiger partial charge in [-0.05, 0) is 13.5 Å². The standard InChI is InChI=1S/C6H11N3.BrH/c1-5-8-4-6(9-5)2-3-7;/h4H,2-3,7H2,1H3,(H,8,9);1H. The molecular formula is C6H12BrN3. The van der Waals surface area contributed by atoms with Crippen LogP contribution in [0.2, 0.25) is 0 Å². The SMILES string of the molecule is Br.Cc1ncc(CCN)[nH]1. The molecule has 0 aliphatic heterocycles. The lowest BCUT2D eigenvalue weighted by Gasteiger charge is -1.87. The average molecular weight is 206 g/mol. The number of nitrogens with two attached hydrogens (primary N) is 1. The van der Waals surface area contributed by atoms with E-state index in [9.17, 15) is 0 Å². The van der Waals surface area contributed by atoms with Crippen molar-refractivity contribution in [2.24, 2.45) is 5.73 Å². The number of aryl methyl sites for hydroxylation is 1. The first-order chi connectivity index (χ1) is 4.33. The molecule has 0 amide bonds.